The third kappa shape index (κ3) is 4.79. The molecule has 0 radical (unpaired) electrons. The summed E-state index contributed by atoms with van der Waals surface area (Å²) in [5.74, 6) is 0. The second kappa shape index (κ2) is 6.40. The molecule has 2 nitrogen and oxygen atoms in total. The number of anilines is 1. The highest BCUT2D eigenvalue weighted by molar-refractivity contribution is 9.10. The molecule has 0 unspecified atom stereocenters. The first-order chi connectivity index (χ1) is 7.22. The molecule has 0 bridgehead atoms. The summed E-state index contributed by atoms with van der Waals surface area (Å²) < 4.78 is 1.08. The molecule has 0 aliphatic rings. The van der Waals surface area contributed by atoms with Crippen molar-refractivity contribution < 1.29 is 0 Å². The Balaban J connectivity index is 2.47. The summed E-state index contributed by atoms with van der Waals surface area (Å²) in [6, 6.07) is 8.00. The molecule has 0 spiro atoms. The fourth-order valence-electron chi connectivity index (χ4n) is 0.935. The average molecular weight is 267 g/mol. The van der Waals surface area contributed by atoms with Gasteiger partial charge in [-0.2, -0.15) is 0 Å². The minimum Gasteiger partial charge on any atom is -0.360 e. The molecule has 0 aromatic heterocycles. The van der Waals surface area contributed by atoms with Crippen LogP contribution in [-0.4, -0.2) is 5.71 Å². The molecule has 0 atom stereocenters. The summed E-state index contributed by atoms with van der Waals surface area (Å²) in [4.78, 5) is 4.24. The summed E-state index contributed by atoms with van der Waals surface area (Å²) in [6.45, 7) is 4.11. The smallest absolute Gasteiger partial charge is 0.0427 e. The van der Waals surface area contributed by atoms with E-state index in [1.807, 2.05) is 37.4 Å². The Kier molecular flexibility index (Phi) is 5.12. The van der Waals surface area contributed by atoms with Crippen molar-refractivity contribution in [1.82, 2.24) is 0 Å². The molecule has 0 saturated heterocycles. The molecule has 3 heteroatoms. The van der Waals surface area contributed by atoms with Crippen LogP contribution in [0.3, 0.4) is 0 Å². The molecule has 0 saturated carbocycles. The highest BCUT2D eigenvalue weighted by Crippen LogP contribution is 2.13. The van der Waals surface area contributed by atoms with Crippen LogP contribution < -0.4 is 5.32 Å². The van der Waals surface area contributed by atoms with Gasteiger partial charge in [-0.3, -0.25) is 4.99 Å². The fourth-order valence-corrected chi connectivity index (χ4v) is 1.20. The highest BCUT2D eigenvalue weighted by Gasteiger charge is 1.87. The number of aliphatic imine (C=N–C) groups is 1. The number of nitrogens with one attached hydrogen (secondary N) is 1. The average Bonchev–Trinajstić information content (AvgIpc) is 2.26. The summed E-state index contributed by atoms with van der Waals surface area (Å²) in [5.41, 5.74) is 2.18. The van der Waals surface area contributed by atoms with Crippen LogP contribution >= 0.6 is 15.9 Å². The van der Waals surface area contributed by atoms with E-state index in [1.54, 1.807) is 6.20 Å². The van der Waals surface area contributed by atoms with Crippen LogP contribution in [0, 0.1) is 0 Å². The lowest BCUT2D eigenvalue weighted by molar-refractivity contribution is 1.25. The van der Waals surface area contributed by atoms with Crippen molar-refractivity contribution in [2.45, 2.75) is 20.3 Å². The van der Waals surface area contributed by atoms with Crippen molar-refractivity contribution in [2.24, 2.45) is 4.99 Å². The minimum atomic E-state index is 0.989. The Bertz CT molecular complexity index is 352. The lowest BCUT2D eigenvalue weighted by atomic mass is 10.3. The van der Waals surface area contributed by atoms with Crippen molar-refractivity contribution in [3.05, 3.63) is 41.1 Å². The highest BCUT2D eigenvalue weighted by atomic mass is 79.9. The molecular formula is C12H15BrN2. The van der Waals surface area contributed by atoms with Crippen molar-refractivity contribution in [3.63, 3.8) is 0 Å². The van der Waals surface area contributed by atoms with E-state index >= 15 is 0 Å². The molecule has 0 aliphatic carbocycles. The molecule has 0 heterocycles. The van der Waals surface area contributed by atoms with Crippen molar-refractivity contribution in [2.75, 3.05) is 5.32 Å². The molecular weight excluding hydrogens is 252 g/mol. The normalized spacial score (nSPS) is 12.1. The first kappa shape index (κ1) is 12.0. The van der Waals surface area contributed by atoms with Gasteiger partial charge in [0.2, 0.25) is 0 Å². The predicted octanol–water partition coefficient (Wildman–Crippen LogP) is 4.20. The zero-order chi connectivity index (χ0) is 11.1. The number of nitrogens with zero attached hydrogens (tertiary/aromatic N) is 1. The lowest BCUT2D eigenvalue weighted by Crippen LogP contribution is -1.87. The number of hydrogen-bond donors (Lipinski definition) is 1. The Morgan fingerprint density at radius 2 is 2.07 bits per heavy atom. The minimum absolute atomic E-state index is 0.989. The summed E-state index contributed by atoms with van der Waals surface area (Å²) in [7, 11) is 0. The van der Waals surface area contributed by atoms with Gasteiger partial charge >= 0.3 is 0 Å². The molecule has 0 amide bonds. The van der Waals surface area contributed by atoms with Crippen LogP contribution in [0.2, 0.25) is 0 Å². The maximum atomic E-state index is 4.24. The first-order valence-corrected chi connectivity index (χ1v) is 5.72. The molecule has 1 N–H and O–H groups in total. The van der Waals surface area contributed by atoms with E-state index in [0.29, 0.717) is 0 Å². The van der Waals surface area contributed by atoms with Crippen molar-refractivity contribution in [1.29, 1.82) is 0 Å². The molecule has 0 aliphatic heterocycles. The van der Waals surface area contributed by atoms with E-state index in [0.717, 1.165) is 22.3 Å². The summed E-state index contributed by atoms with van der Waals surface area (Å²) in [5, 5.41) is 3.14. The van der Waals surface area contributed by atoms with Gasteiger partial charge in [-0.15, -0.1) is 0 Å². The van der Waals surface area contributed by atoms with Crippen LogP contribution in [0.15, 0.2) is 46.1 Å². The fraction of sp³-hybridized carbons (Fsp3) is 0.250. The molecule has 0 fully saturated rings. The van der Waals surface area contributed by atoms with E-state index in [1.165, 1.54) is 0 Å². The third-order valence-electron chi connectivity index (χ3n) is 1.98. The van der Waals surface area contributed by atoms with E-state index in [2.05, 4.69) is 33.2 Å². The second-order valence-corrected chi connectivity index (χ2v) is 4.10. The quantitative estimate of drug-likeness (QED) is 0.812. The van der Waals surface area contributed by atoms with Crippen LogP contribution in [0.4, 0.5) is 5.69 Å². The Labute approximate surface area is 99.2 Å². The van der Waals surface area contributed by atoms with Gasteiger partial charge in [0, 0.05) is 28.3 Å². The maximum absolute atomic E-state index is 4.24. The van der Waals surface area contributed by atoms with E-state index in [-0.39, 0.29) is 0 Å². The molecule has 80 valence electrons. The second-order valence-electron chi connectivity index (χ2n) is 3.18. The number of benzene rings is 1. The molecule has 1 aromatic rings. The topological polar surface area (TPSA) is 24.4 Å². The van der Waals surface area contributed by atoms with E-state index in [9.17, 15) is 0 Å². The van der Waals surface area contributed by atoms with Gasteiger partial charge in [0.25, 0.3) is 0 Å². The van der Waals surface area contributed by atoms with E-state index < -0.39 is 0 Å². The van der Waals surface area contributed by atoms with Crippen LogP contribution in [0.5, 0.6) is 0 Å². The molecule has 1 aromatic carbocycles. The van der Waals surface area contributed by atoms with Gasteiger partial charge in [-0.05, 0) is 37.6 Å². The lowest BCUT2D eigenvalue weighted by Gasteiger charge is -1.99. The van der Waals surface area contributed by atoms with Gasteiger partial charge in [-0.1, -0.05) is 22.9 Å². The number of rotatable bonds is 4. The van der Waals surface area contributed by atoms with Crippen molar-refractivity contribution in [3.8, 4) is 0 Å². The Morgan fingerprint density at radius 3 is 2.67 bits per heavy atom. The summed E-state index contributed by atoms with van der Waals surface area (Å²) >= 11 is 3.39. The third-order valence-corrected chi connectivity index (χ3v) is 2.50. The molecule has 1 rings (SSSR count). The van der Waals surface area contributed by atoms with Crippen LogP contribution in [0.1, 0.15) is 20.3 Å². The Morgan fingerprint density at radius 1 is 1.40 bits per heavy atom. The van der Waals surface area contributed by atoms with Crippen LogP contribution in [-0.2, 0) is 0 Å². The van der Waals surface area contributed by atoms with Crippen LogP contribution in [0.25, 0.3) is 0 Å². The van der Waals surface area contributed by atoms with E-state index in [4.69, 9.17) is 0 Å². The first-order valence-electron chi connectivity index (χ1n) is 4.92. The standard InChI is InChI=1S/C12H15BrN2/c1-3-10(2)14-8-9-15-12-6-4-11(13)5-7-12/h4-9,15H,3H2,1-2H3/b9-8-,14-10+. The van der Waals surface area contributed by atoms with Gasteiger partial charge in [0.1, 0.15) is 0 Å². The molecule has 15 heavy (non-hydrogen) atoms. The SMILES string of the molecule is CC/C(C)=N/C=C\Nc1ccc(Br)cc1. The Hall–Kier alpha value is -1.09. The maximum Gasteiger partial charge on any atom is 0.0427 e. The largest absolute Gasteiger partial charge is 0.360 e. The number of halogens is 1. The van der Waals surface area contributed by atoms with Gasteiger partial charge in [-0.25, -0.2) is 0 Å². The predicted molar refractivity (Wildman–Crippen MR) is 70.3 cm³/mol. The van der Waals surface area contributed by atoms with Gasteiger partial charge in [0.15, 0.2) is 0 Å². The van der Waals surface area contributed by atoms with Gasteiger partial charge in [0.05, 0.1) is 0 Å². The zero-order valence-corrected chi connectivity index (χ0v) is 10.6. The van der Waals surface area contributed by atoms with Crippen molar-refractivity contribution >= 4 is 27.3 Å². The zero-order valence-electron chi connectivity index (χ0n) is 9.00. The number of hydrogen-bond acceptors (Lipinski definition) is 2. The monoisotopic (exact) mass is 266 g/mol. The summed E-state index contributed by atoms with van der Waals surface area (Å²) in [6.07, 6.45) is 4.60. The van der Waals surface area contributed by atoms with Gasteiger partial charge < -0.3 is 5.32 Å².